The lowest BCUT2D eigenvalue weighted by molar-refractivity contribution is 0.0584. The number of halogens is 2. The van der Waals surface area contributed by atoms with Gasteiger partial charge in [-0.2, -0.15) is 0 Å². The third-order valence-electron chi connectivity index (χ3n) is 7.27. The fraction of sp³-hybridized carbons (Fsp3) is 0.393. The van der Waals surface area contributed by atoms with Crippen LogP contribution in [0.2, 0.25) is 10.0 Å². The lowest BCUT2D eigenvalue weighted by Gasteiger charge is -2.21. The number of nitrogens with one attached hydrogen (secondary N) is 1. The van der Waals surface area contributed by atoms with Crippen LogP contribution in [0.4, 0.5) is 5.82 Å². The monoisotopic (exact) mass is 599 g/mol. The molecule has 0 amide bonds. The predicted molar refractivity (Wildman–Crippen MR) is 158 cm³/mol. The van der Waals surface area contributed by atoms with Gasteiger partial charge >= 0.3 is 0 Å². The van der Waals surface area contributed by atoms with Crippen LogP contribution in [0.3, 0.4) is 0 Å². The molecule has 1 aromatic carbocycles. The molecule has 0 aliphatic carbocycles. The Bertz CT molecular complexity index is 1580. The van der Waals surface area contributed by atoms with E-state index >= 15 is 0 Å². The number of likely N-dealkylation sites (tertiary alicyclic amines) is 1. The standard InChI is InChI=1S/C28H31Cl2N7O4/c1-35-22(16-38)17(15-23(35)32-8-11-36-9-3-4-10-36)26-33-25(31)19-14-18(24-20(29)6-5-7-21(24)30)28(39)37(27(19)34-26)41-13-12-40-2/h5-7,14-15,17,32H,3-4,8-13H2,1-2H3,(H2,31,33,34). The van der Waals surface area contributed by atoms with E-state index in [4.69, 9.17) is 38.5 Å². The summed E-state index contributed by atoms with van der Waals surface area (Å²) in [6, 6.07) is 6.52. The number of nitrogens with zero attached hydrogens (tertiary/aromatic N) is 5. The molecule has 3 N–H and O–H groups in total. The van der Waals surface area contributed by atoms with Gasteiger partial charge in [0.15, 0.2) is 5.65 Å². The number of benzene rings is 1. The number of methoxy groups -OCH3 is 1. The molecule has 1 saturated heterocycles. The highest BCUT2D eigenvalue weighted by atomic mass is 35.5. The number of rotatable bonds is 10. The third kappa shape index (κ3) is 5.77. The molecule has 0 saturated carbocycles. The van der Waals surface area contributed by atoms with Crippen molar-refractivity contribution in [2.24, 2.45) is 0 Å². The Hall–Kier alpha value is -3.60. The molecule has 0 radical (unpaired) electrons. The number of aromatic nitrogens is 3. The fourth-order valence-corrected chi connectivity index (χ4v) is 5.74. The summed E-state index contributed by atoms with van der Waals surface area (Å²) < 4.78 is 6.15. The zero-order valence-corrected chi connectivity index (χ0v) is 24.3. The largest absolute Gasteiger partial charge is 0.406 e. The Morgan fingerprint density at radius 3 is 2.59 bits per heavy atom. The maximum atomic E-state index is 13.8. The van der Waals surface area contributed by atoms with E-state index in [2.05, 4.69) is 20.2 Å². The normalized spacial score (nSPS) is 17.3. The van der Waals surface area contributed by atoms with Gasteiger partial charge < -0.3 is 30.4 Å². The van der Waals surface area contributed by atoms with Gasteiger partial charge in [0, 0.05) is 32.8 Å². The van der Waals surface area contributed by atoms with E-state index < -0.39 is 11.5 Å². The molecule has 2 aromatic heterocycles. The highest BCUT2D eigenvalue weighted by molar-refractivity contribution is 6.39. The number of likely N-dealkylation sites (N-methyl/N-ethyl adjacent to an activating group) is 1. The first kappa shape index (κ1) is 28.9. The van der Waals surface area contributed by atoms with Gasteiger partial charge in [0.1, 0.15) is 35.7 Å². The summed E-state index contributed by atoms with van der Waals surface area (Å²) in [5.41, 5.74) is 6.88. The summed E-state index contributed by atoms with van der Waals surface area (Å²) in [5, 5.41) is 4.34. The SMILES string of the molecule is COCCOn1c(=O)c(-c2c(Cl)cccc2Cl)cc2c(N)nc(C3C=C(NCCN4CCCC4)N(C)C3=C=O)nc21. The number of hydrogen-bond donors (Lipinski definition) is 2. The van der Waals surface area contributed by atoms with Crippen molar-refractivity contribution in [2.45, 2.75) is 18.8 Å². The average Bonchev–Trinajstić information content (AvgIpc) is 3.58. The summed E-state index contributed by atoms with van der Waals surface area (Å²) in [7, 11) is 3.30. The second-order valence-corrected chi connectivity index (χ2v) is 10.7. The molecular formula is C28H31Cl2N7O4. The fourth-order valence-electron chi connectivity index (χ4n) is 5.14. The highest BCUT2D eigenvalue weighted by Crippen LogP contribution is 2.36. The smallest absolute Gasteiger partial charge is 0.293 e. The molecule has 2 aliphatic heterocycles. The van der Waals surface area contributed by atoms with Gasteiger partial charge in [-0.3, -0.25) is 4.79 Å². The molecule has 0 spiro atoms. The van der Waals surface area contributed by atoms with E-state index in [0.717, 1.165) is 36.7 Å². The Kier molecular flexibility index (Phi) is 8.82. The molecule has 41 heavy (non-hydrogen) atoms. The van der Waals surface area contributed by atoms with Crippen molar-refractivity contribution in [3.05, 3.63) is 68.1 Å². The van der Waals surface area contributed by atoms with E-state index in [-0.39, 0.29) is 46.1 Å². The van der Waals surface area contributed by atoms with Gasteiger partial charge in [-0.15, -0.1) is 4.73 Å². The number of nitrogens with two attached hydrogens (primary N) is 1. The maximum absolute atomic E-state index is 13.8. The first-order chi connectivity index (χ1) is 19.8. The lowest BCUT2D eigenvalue weighted by Crippen LogP contribution is -2.33. The van der Waals surface area contributed by atoms with Gasteiger partial charge in [0.25, 0.3) is 5.56 Å². The van der Waals surface area contributed by atoms with E-state index in [1.165, 1.54) is 20.0 Å². The second-order valence-electron chi connectivity index (χ2n) is 9.84. The summed E-state index contributed by atoms with van der Waals surface area (Å²) in [6.07, 6.45) is 4.30. The van der Waals surface area contributed by atoms with Crippen molar-refractivity contribution in [1.82, 2.24) is 29.8 Å². The van der Waals surface area contributed by atoms with Crippen molar-refractivity contribution in [3.63, 3.8) is 0 Å². The molecule has 0 bridgehead atoms. The third-order valence-corrected chi connectivity index (χ3v) is 7.90. The van der Waals surface area contributed by atoms with Crippen LogP contribution in [-0.2, 0) is 9.53 Å². The number of ether oxygens (including phenoxy) is 1. The number of carbonyl (C=O) groups excluding carboxylic acids is 1. The average molecular weight is 601 g/mol. The Morgan fingerprint density at radius 2 is 1.90 bits per heavy atom. The number of anilines is 1. The zero-order valence-electron chi connectivity index (χ0n) is 22.8. The van der Waals surface area contributed by atoms with Crippen LogP contribution in [-0.4, -0.2) is 84.0 Å². The number of allylic oxidation sites excluding steroid dienone is 1. The van der Waals surface area contributed by atoms with Gasteiger partial charge in [-0.1, -0.05) is 29.3 Å². The maximum Gasteiger partial charge on any atom is 0.293 e. The molecule has 3 aromatic rings. The van der Waals surface area contributed by atoms with Crippen LogP contribution >= 0.6 is 23.2 Å². The van der Waals surface area contributed by atoms with E-state index in [0.29, 0.717) is 16.6 Å². The van der Waals surface area contributed by atoms with E-state index in [9.17, 15) is 9.59 Å². The minimum Gasteiger partial charge on any atom is -0.406 e. The van der Waals surface area contributed by atoms with Crippen LogP contribution in [0.1, 0.15) is 24.6 Å². The van der Waals surface area contributed by atoms with Crippen LogP contribution in [0.25, 0.3) is 22.2 Å². The molecule has 1 atom stereocenters. The summed E-state index contributed by atoms with van der Waals surface area (Å²) >= 11 is 12.9. The van der Waals surface area contributed by atoms with Crippen molar-refractivity contribution in [2.75, 3.05) is 59.3 Å². The minimum absolute atomic E-state index is 0.0566. The Morgan fingerprint density at radius 1 is 1.17 bits per heavy atom. The van der Waals surface area contributed by atoms with Crippen molar-refractivity contribution in [3.8, 4) is 11.1 Å². The molecule has 2 aliphatic rings. The molecule has 5 rings (SSSR count). The number of pyridine rings is 1. The predicted octanol–water partition coefficient (Wildman–Crippen LogP) is 2.69. The van der Waals surface area contributed by atoms with Gasteiger partial charge in [0.2, 0.25) is 0 Å². The van der Waals surface area contributed by atoms with Crippen LogP contribution in [0.15, 0.2) is 46.7 Å². The van der Waals surface area contributed by atoms with Crippen LogP contribution in [0.5, 0.6) is 0 Å². The summed E-state index contributed by atoms with van der Waals surface area (Å²) in [5.74, 6) is 2.45. The minimum atomic E-state index is -0.640. The molecule has 4 heterocycles. The van der Waals surface area contributed by atoms with Gasteiger partial charge in [-0.25, -0.2) is 14.8 Å². The Labute approximate surface area is 247 Å². The van der Waals surface area contributed by atoms with Crippen molar-refractivity contribution < 1.29 is 14.4 Å². The van der Waals surface area contributed by atoms with Gasteiger partial charge in [0.05, 0.1) is 33.5 Å². The highest BCUT2D eigenvalue weighted by Gasteiger charge is 2.32. The summed E-state index contributed by atoms with van der Waals surface area (Å²) in [6.45, 7) is 4.09. The summed E-state index contributed by atoms with van der Waals surface area (Å²) in [4.78, 5) is 45.0. The van der Waals surface area contributed by atoms with Crippen molar-refractivity contribution in [1.29, 1.82) is 0 Å². The first-order valence-electron chi connectivity index (χ1n) is 13.3. The zero-order chi connectivity index (χ0) is 29.1. The molecule has 216 valence electrons. The van der Waals surface area contributed by atoms with Crippen LogP contribution in [0, 0.1) is 0 Å². The first-order valence-corrected chi connectivity index (χ1v) is 14.1. The van der Waals surface area contributed by atoms with Crippen molar-refractivity contribution >= 4 is 46.0 Å². The molecule has 11 nitrogen and oxygen atoms in total. The molecule has 1 unspecified atom stereocenters. The lowest BCUT2D eigenvalue weighted by atomic mass is 10.0. The second kappa shape index (κ2) is 12.5. The van der Waals surface area contributed by atoms with Crippen LogP contribution < -0.4 is 21.4 Å². The number of nitrogen functional groups attached to an aromatic ring is 1. The molecular weight excluding hydrogens is 569 g/mol. The number of fused-ring (bicyclic) bond motifs is 1. The molecule has 13 heteroatoms. The van der Waals surface area contributed by atoms with E-state index in [1.807, 2.05) is 12.0 Å². The molecule has 1 fully saturated rings. The Balaban J connectivity index is 1.57. The van der Waals surface area contributed by atoms with Gasteiger partial charge in [-0.05, 0) is 50.2 Å². The quantitative estimate of drug-likeness (QED) is 0.265. The topological polar surface area (TPSA) is 128 Å². The van der Waals surface area contributed by atoms with E-state index in [1.54, 1.807) is 36.2 Å². The number of hydrogen-bond acceptors (Lipinski definition) is 10.